The maximum Gasteiger partial charge on any atom is 0.407 e. The molecule has 0 rings (SSSR count). The number of alkyl carbamates (subject to hydrolysis) is 1. The van der Waals surface area contributed by atoms with Gasteiger partial charge in [0.05, 0.1) is 0 Å². The van der Waals surface area contributed by atoms with Crippen molar-refractivity contribution in [2.75, 3.05) is 13.1 Å². The Labute approximate surface area is 129 Å². The molecule has 0 atom stereocenters. The Morgan fingerprint density at radius 2 is 1.52 bits per heavy atom. The van der Waals surface area contributed by atoms with E-state index in [9.17, 15) is 9.59 Å². The van der Waals surface area contributed by atoms with E-state index in [2.05, 4.69) is 17.6 Å². The molecule has 0 aliphatic carbocycles. The summed E-state index contributed by atoms with van der Waals surface area (Å²) < 4.78 is 5.13. The van der Waals surface area contributed by atoms with Gasteiger partial charge in [0.25, 0.3) is 0 Å². The van der Waals surface area contributed by atoms with Crippen LogP contribution in [0.15, 0.2) is 0 Å². The van der Waals surface area contributed by atoms with Crippen LogP contribution in [-0.2, 0) is 9.53 Å². The topological polar surface area (TPSA) is 67.4 Å². The standard InChI is InChI=1S/C16H32N2O3/c1-5-6-9-12-17-14(19)11-8-7-10-13-18-15(20)21-16(2,3)4/h5-13H2,1-4H3,(H,17,19)(H,18,20). The second-order valence-corrected chi connectivity index (χ2v) is 6.30. The second kappa shape index (κ2) is 11.4. The van der Waals surface area contributed by atoms with Crippen LogP contribution >= 0.6 is 0 Å². The molecule has 0 radical (unpaired) electrons. The summed E-state index contributed by atoms with van der Waals surface area (Å²) in [4.78, 5) is 22.9. The lowest BCUT2D eigenvalue weighted by Gasteiger charge is -2.19. The van der Waals surface area contributed by atoms with Gasteiger partial charge < -0.3 is 15.4 Å². The fourth-order valence-corrected chi connectivity index (χ4v) is 1.78. The summed E-state index contributed by atoms with van der Waals surface area (Å²) in [6.45, 7) is 9.04. The van der Waals surface area contributed by atoms with Gasteiger partial charge in [-0.25, -0.2) is 4.79 Å². The predicted molar refractivity (Wildman–Crippen MR) is 85.2 cm³/mol. The van der Waals surface area contributed by atoms with Crippen LogP contribution in [0.3, 0.4) is 0 Å². The van der Waals surface area contributed by atoms with Crippen LogP contribution in [0.2, 0.25) is 0 Å². The highest BCUT2D eigenvalue weighted by molar-refractivity contribution is 5.75. The number of amides is 2. The van der Waals surface area contributed by atoms with Gasteiger partial charge in [-0.1, -0.05) is 26.2 Å². The van der Waals surface area contributed by atoms with E-state index in [4.69, 9.17) is 4.74 Å². The van der Waals surface area contributed by atoms with Crippen molar-refractivity contribution in [2.24, 2.45) is 0 Å². The lowest BCUT2D eigenvalue weighted by molar-refractivity contribution is -0.121. The minimum absolute atomic E-state index is 0.131. The molecule has 0 aromatic rings. The van der Waals surface area contributed by atoms with Crippen LogP contribution in [-0.4, -0.2) is 30.7 Å². The van der Waals surface area contributed by atoms with Crippen LogP contribution in [0.5, 0.6) is 0 Å². The minimum atomic E-state index is -0.458. The molecule has 2 N–H and O–H groups in total. The predicted octanol–water partition coefficient (Wildman–Crippen LogP) is 3.38. The molecule has 2 amide bonds. The zero-order valence-corrected chi connectivity index (χ0v) is 14.1. The first-order valence-corrected chi connectivity index (χ1v) is 8.08. The second-order valence-electron chi connectivity index (χ2n) is 6.30. The third-order valence-corrected chi connectivity index (χ3v) is 2.85. The molecule has 21 heavy (non-hydrogen) atoms. The van der Waals surface area contributed by atoms with Crippen molar-refractivity contribution >= 4 is 12.0 Å². The van der Waals surface area contributed by atoms with Gasteiger partial charge >= 0.3 is 6.09 Å². The Hall–Kier alpha value is -1.26. The molecule has 0 saturated carbocycles. The van der Waals surface area contributed by atoms with Crippen LogP contribution in [0.4, 0.5) is 4.79 Å². The molecule has 0 fully saturated rings. The van der Waals surface area contributed by atoms with Crippen molar-refractivity contribution in [2.45, 2.75) is 78.2 Å². The minimum Gasteiger partial charge on any atom is -0.444 e. The maximum atomic E-state index is 11.5. The average molecular weight is 300 g/mol. The van der Waals surface area contributed by atoms with Crippen molar-refractivity contribution in [3.8, 4) is 0 Å². The van der Waals surface area contributed by atoms with Gasteiger partial charge in [-0.3, -0.25) is 4.79 Å². The van der Waals surface area contributed by atoms with Crippen molar-refractivity contribution in [3.63, 3.8) is 0 Å². The molecule has 0 heterocycles. The summed E-state index contributed by atoms with van der Waals surface area (Å²) in [7, 11) is 0. The third kappa shape index (κ3) is 15.0. The Balaban J connectivity index is 3.39. The third-order valence-electron chi connectivity index (χ3n) is 2.85. The van der Waals surface area contributed by atoms with E-state index in [1.165, 1.54) is 6.42 Å². The van der Waals surface area contributed by atoms with E-state index in [0.29, 0.717) is 13.0 Å². The summed E-state index contributed by atoms with van der Waals surface area (Å²) in [5.74, 6) is 0.131. The summed E-state index contributed by atoms with van der Waals surface area (Å²) in [5.41, 5.74) is -0.458. The quantitative estimate of drug-likeness (QED) is 0.608. The number of rotatable bonds is 10. The molecule has 0 unspecified atom stereocenters. The Bertz CT molecular complexity index is 298. The number of unbranched alkanes of at least 4 members (excludes halogenated alkanes) is 4. The van der Waals surface area contributed by atoms with Gasteiger partial charge in [0, 0.05) is 19.5 Å². The van der Waals surface area contributed by atoms with Crippen molar-refractivity contribution in [1.82, 2.24) is 10.6 Å². The highest BCUT2D eigenvalue weighted by Crippen LogP contribution is 2.06. The van der Waals surface area contributed by atoms with Gasteiger partial charge in [0.1, 0.15) is 5.60 Å². The number of hydrogen-bond acceptors (Lipinski definition) is 3. The van der Waals surface area contributed by atoms with Crippen molar-refractivity contribution < 1.29 is 14.3 Å². The van der Waals surface area contributed by atoms with Gasteiger partial charge in [0.15, 0.2) is 0 Å². The van der Waals surface area contributed by atoms with Crippen molar-refractivity contribution in [1.29, 1.82) is 0 Å². The van der Waals surface area contributed by atoms with Crippen LogP contribution in [0.25, 0.3) is 0 Å². The molecule has 0 spiro atoms. The van der Waals surface area contributed by atoms with Crippen LogP contribution < -0.4 is 10.6 Å². The average Bonchev–Trinajstić information content (AvgIpc) is 2.36. The molecule has 0 aromatic carbocycles. The number of carbonyl (C=O) groups excluding carboxylic acids is 2. The fourth-order valence-electron chi connectivity index (χ4n) is 1.78. The molecular weight excluding hydrogens is 268 g/mol. The summed E-state index contributed by atoms with van der Waals surface area (Å²) in [6.07, 6.45) is 6.23. The van der Waals surface area contributed by atoms with Gasteiger partial charge in [-0.15, -0.1) is 0 Å². The van der Waals surface area contributed by atoms with E-state index in [1.807, 2.05) is 20.8 Å². The molecule has 0 aromatic heterocycles. The smallest absolute Gasteiger partial charge is 0.407 e. The highest BCUT2D eigenvalue weighted by atomic mass is 16.6. The Morgan fingerprint density at radius 3 is 2.14 bits per heavy atom. The normalized spacial score (nSPS) is 11.0. The van der Waals surface area contributed by atoms with E-state index in [-0.39, 0.29) is 12.0 Å². The molecule has 0 bridgehead atoms. The highest BCUT2D eigenvalue weighted by Gasteiger charge is 2.15. The molecule has 5 nitrogen and oxygen atoms in total. The maximum absolute atomic E-state index is 11.5. The Kier molecular flexibility index (Phi) is 10.7. The van der Waals surface area contributed by atoms with Crippen molar-refractivity contribution in [3.05, 3.63) is 0 Å². The SMILES string of the molecule is CCCCCNC(=O)CCCCCNC(=O)OC(C)(C)C. The summed E-state index contributed by atoms with van der Waals surface area (Å²) >= 11 is 0. The molecule has 5 heteroatoms. The Morgan fingerprint density at radius 1 is 0.905 bits per heavy atom. The van der Waals surface area contributed by atoms with E-state index in [1.54, 1.807) is 0 Å². The molecule has 124 valence electrons. The first kappa shape index (κ1) is 19.7. The van der Waals surface area contributed by atoms with Gasteiger partial charge in [0.2, 0.25) is 5.91 Å². The van der Waals surface area contributed by atoms with E-state index >= 15 is 0 Å². The van der Waals surface area contributed by atoms with E-state index < -0.39 is 5.60 Å². The largest absolute Gasteiger partial charge is 0.444 e. The number of nitrogens with one attached hydrogen (secondary N) is 2. The zero-order valence-electron chi connectivity index (χ0n) is 14.1. The van der Waals surface area contributed by atoms with Crippen LogP contribution in [0.1, 0.15) is 72.6 Å². The molecule has 0 aliphatic rings. The molecule has 0 aliphatic heterocycles. The van der Waals surface area contributed by atoms with E-state index in [0.717, 1.165) is 38.6 Å². The lowest BCUT2D eigenvalue weighted by Crippen LogP contribution is -2.33. The first-order chi connectivity index (χ1) is 9.85. The summed E-state index contributed by atoms with van der Waals surface area (Å²) in [6, 6.07) is 0. The summed E-state index contributed by atoms with van der Waals surface area (Å²) in [5, 5.41) is 5.64. The number of hydrogen-bond donors (Lipinski definition) is 2. The fraction of sp³-hybridized carbons (Fsp3) is 0.875. The number of ether oxygens (including phenoxy) is 1. The molecule has 0 saturated heterocycles. The van der Waals surface area contributed by atoms with Crippen LogP contribution in [0, 0.1) is 0 Å². The molecular formula is C16H32N2O3. The first-order valence-electron chi connectivity index (χ1n) is 8.08. The monoisotopic (exact) mass is 300 g/mol. The van der Waals surface area contributed by atoms with Gasteiger partial charge in [-0.2, -0.15) is 0 Å². The van der Waals surface area contributed by atoms with Gasteiger partial charge in [-0.05, 0) is 40.0 Å². The lowest BCUT2D eigenvalue weighted by atomic mass is 10.2. The number of carbonyl (C=O) groups is 2. The zero-order chi connectivity index (χ0) is 16.1.